The molecule has 0 aromatic heterocycles. The Balaban J connectivity index is 1.24. The van der Waals surface area contributed by atoms with Crippen LogP contribution in [0.5, 0.6) is 0 Å². The minimum atomic E-state index is 0.0565. The molecule has 2 heteroatoms. The lowest BCUT2D eigenvalue weighted by Crippen LogP contribution is -2.30. The second kappa shape index (κ2) is 26.1. The topological polar surface area (TPSA) is 15.3 Å². The number of fused-ring (bicyclic) bond motifs is 2. The monoisotopic (exact) mass is 925 g/mol. The number of hydrogen-bond donors (Lipinski definition) is 1. The zero-order valence-electron chi connectivity index (χ0n) is 44.7. The molecule has 4 aromatic carbocycles. The van der Waals surface area contributed by atoms with Gasteiger partial charge in [-0.1, -0.05) is 212 Å². The first-order chi connectivity index (χ1) is 33.8. The minimum Gasteiger partial charge on any atom is -0.356 e. The van der Waals surface area contributed by atoms with E-state index < -0.39 is 0 Å². The van der Waals surface area contributed by atoms with Crippen molar-refractivity contribution in [2.45, 2.75) is 220 Å². The molecule has 370 valence electrons. The fourth-order valence-electron chi connectivity index (χ4n) is 11.9. The second-order valence-electron chi connectivity index (χ2n) is 21.7. The van der Waals surface area contributed by atoms with Gasteiger partial charge in [0.1, 0.15) is 0 Å². The van der Waals surface area contributed by atoms with Crippen molar-refractivity contribution >= 4 is 22.6 Å². The Morgan fingerprint density at radius 1 is 0.609 bits per heavy atom. The first-order valence-corrected chi connectivity index (χ1v) is 28.6. The van der Waals surface area contributed by atoms with Gasteiger partial charge >= 0.3 is 0 Å². The molecule has 69 heavy (non-hydrogen) atoms. The molecule has 0 saturated heterocycles. The van der Waals surface area contributed by atoms with Crippen molar-refractivity contribution in [3.63, 3.8) is 0 Å². The van der Waals surface area contributed by atoms with Crippen LogP contribution < -0.4 is 10.2 Å². The molecule has 3 aliphatic rings. The molecule has 1 N–H and O–H groups in total. The van der Waals surface area contributed by atoms with Gasteiger partial charge in [-0.05, 0) is 169 Å². The molecule has 1 unspecified atom stereocenters. The Morgan fingerprint density at radius 2 is 1.19 bits per heavy atom. The largest absolute Gasteiger partial charge is 0.356 e. The number of aryl methyl sites for hydroxylation is 1. The predicted octanol–water partition coefficient (Wildman–Crippen LogP) is 20.9. The Labute approximate surface area is 422 Å². The molecule has 3 aliphatic carbocycles. The highest BCUT2D eigenvalue weighted by Crippen LogP contribution is 2.57. The van der Waals surface area contributed by atoms with Crippen molar-refractivity contribution in [1.82, 2.24) is 0 Å². The Hall–Kier alpha value is -4.56. The standard InChI is InChI=1S/C67H92N2/c1-8-14-18-20-22-24-48-67(49-25-23-21-19-15-9-2)64-50-56(66(7,12-5)13-6)36-46-62(64)63-47-45-61(51-65(63)67)69(59-41-30-53(31-42-59)27-17-11-4)60-43-34-55(35-44-60)54-32-39-58(40-33-54)68-57-37-28-52(29-38-57)26-16-10-3/h28-30,32-44,46,50-51,53,68H,8-27,31,45,47-49H2,1-7H3. The lowest BCUT2D eigenvalue weighted by Gasteiger charge is -2.38. The summed E-state index contributed by atoms with van der Waals surface area (Å²) in [6.45, 7) is 16.6. The number of unbranched alkanes of at least 4 members (excludes halogenated alkanes) is 12. The van der Waals surface area contributed by atoms with E-state index in [1.165, 1.54) is 169 Å². The lowest BCUT2D eigenvalue weighted by atomic mass is 9.67. The minimum absolute atomic E-state index is 0.0565. The number of nitrogens with one attached hydrogen (secondary N) is 1. The fraction of sp³-hybridized carbons (Fsp3) is 0.522. The predicted molar refractivity (Wildman–Crippen MR) is 304 cm³/mol. The van der Waals surface area contributed by atoms with Crippen LogP contribution in [-0.4, -0.2) is 0 Å². The maximum absolute atomic E-state index is 3.63. The van der Waals surface area contributed by atoms with Gasteiger partial charge in [0.05, 0.1) is 0 Å². The van der Waals surface area contributed by atoms with Crippen LogP contribution in [0.15, 0.2) is 132 Å². The fourth-order valence-corrected chi connectivity index (χ4v) is 11.9. The van der Waals surface area contributed by atoms with Crippen LogP contribution in [0.2, 0.25) is 0 Å². The van der Waals surface area contributed by atoms with Crippen LogP contribution >= 0.6 is 0 Å². The lowest BCUT2D eigenvalue weighted by molar-refractivity contribution is 0.391. The highest BCUT2D eigenvalue weighted by molar-refractivity contribution is 5.85. The number of hydrogen-bond acceptors (Lipinski definition) is 2. The average Bonchev–Trinajstić information content (AvgIpc) is 3.66. The van der Waals surface area contributed by atoms with E-state index in [2.05, 4.69) is 174 Å². The SMILES string of the molecule is CCCCCCCCC1(CCCCCCCC)C2=C(CCC(N(C3=CCC(CCCC)C=C3)c3ccc(-c4ccc(Nc5ccc(CCCC)cc5)cc4)cc3)=C2)c2ccc(C(C)(CC)CC)cc21. The molecular formula is C67H92N2. The van der Waals surface area contributed by atoms with Crippen LogP contribution in [0, 0.1) is 5.92 Å². The van der Waals surface area contributed by atoms with Gasteiger partial charge in [0.25, 0.3) is 0 Å². The summed E-state index contributed by atoms with van der Waals surface area (Å²) in [7, 11) is 0. The van der Waals surface area contributed by atoms with E-state index in [1.54, 1.807) is 27.8 Å². The third-order valence-corrected chi connectivity index (χ3v) is 16.9. The maximum atomic E-state index is 3.63. The molecule has 0 amide bonds. The van der Waals surface area contributed by atoms with E-state index in [9.17, 15) is 0 Å². The van der Waals surface area contributed by atoms with Crippen molar-refractivity contribution in [3.8, 4) is 11.1 Å². The first-order valence-electron chi connectivity index (χ1n) is 28.6. The highest BCUT2D eigenvalue weighted by Gasteiger charge is 2.45. The van der Waals surface area contributed by atoms with Gasteiger partial charge in [-0.15, -0.1) is 0 Å². The first kappa shape index (κ1) is 52.3. The Kier molecular flexibility index (Phi) is 19.7. The third kappa shape index (κ3) is 13.1. The van der Waals surface area contributed by atoms with Crippen LogP contribution in [0.25, 0.3) is 16.7 Å². The molecule has 0 aliphatic heterocycles. The van der Waals surface area contributed by atoms with E-state index >= 15 is 0 Å². The van der Waals surface area contributed by atoms with Crippen molar-refractivity contribution in [2.24, 2.45) is 5.92 Å². The summed E-state index contributed by atoms with van der Waals surface area (Å²) in [6, 6.07) is 35.3. The molecule has 1 atom stereocenters. The van der Waals surface area contributed by atoms with Gasteiger partial charge in [0.2, 0.25) is 0 Å². The molecule has 0 radical (unpaired) electrons. The third-order valence-electron chi connectivity index (χ3n) is 16.9. The van der Waals surface area contributed by atoms with E-state index in [0.29, 0.717) is 5.92 Å². The van der Waals surface area contributed by atoms with Crippen LogP contribution in [0.1, 0.15) is 225 Å². The molecular weight excluding hydrogens is 833 g/mol. The summed E-state index contributed by atoms with van der Waals surface area (Å²) < 4.78 is 0. The molecule has 4 aromatic rings. The van der Waals surface area contributed by atoms with Gasteiger partial charge in [-0.2, -0.15) is 0 Å². The number of nitrogens with zero attached hydrogens (tertiary/aromatic N) is 1. The summed E-state index contributed by atoms with van der Waals surface area (Å²) in [5.74, 6) is 0.632. The van der Waals surface area contributed by atoms with Crippen molar-refractivity contribution in [3.05, 3.63) is 155 Å². The molecule has 0 fully saturated rings. The zero-order chi connectivity index (χ0) is 48.5. The van der Waals surface area contributed by atoms with E-state index in [1.807, 2.05) is 0 Å². The highest BCUT2D eigenvalue weighted by atomic mass is 15.2. The van der Waals surface area contributed by atoms with Gasteiger partial charge < -0.3 is 10.2 Å². The number of rotatable bonds is 29. The summed E-state index contributed by atoms with van der Waals surface area (Å²) in [5.41, 5.74) is 18.6. The quantitative estimate of drug-likeness (QED) is 0.0546. The maximum Gasteiger partial charge on any atom is 0.0458 e. The van der Waals surface area contributed by atoms with E-state index in [0.717, 1.165) is 37.1 Å². The summed E-state index contributed by atoms with van der Waals surface area (Å²) >= 11 is 0. The van der Waals surface area contributed by atoms with Crippen LogP contribution in [-0.2, 0) is 17.3 Å². The Bertz CT molecular complexity index is 2300. The number of benzene rings is 4. The Morgan fingerprint density at radius 3 is 1.77 bits per heavy atom. The van der Waals surface area contributed by atoms with Gasteiger partial charge in [-0.25, -0.2) is 0 Å². The zero-order valence-corrected chi connectivity index (χ0v) is 44.7. The molecule has 0 spiro atoms. The molecule has 7 rings (SSSR count). The van der Waals surface area contributed by atoms with Crippen LogP contribution in [0.4, 0.5) is 17.1 Å². The van der Waals surface area contributed by atoms with Gasteiger partial charge in [0.15, 0.2) is 0 Å². The summed E-state index contributed by atoms with van der Waals surface area (Å²) in [5, 5.41) is 3.63. The van der Waals surface area contributed by atoms with Crippen molar-refractivity contribution < 1.29 is 0 Å². The van der Waals surface area contributed by atoms with Crippen LogP contribution in [0.3, 0.4) is 0 Å². The smallest absolute Gasteiger partial charge is 0.0458 e. The number of allylic oxidation sites excluding steroid dienone is 7. The normalized spacial score (nSPS) is 16.3. The van der Waals surface area contributed by atoms with Gasteiger partial charge in [-0.3, -0.25) is 0 Å². The molecule has 0 saturated carbocycles. The summed E-state index contributed by atoms with van der Waals surface area (Å²) in [6.07, 6.45) is 42.0. The average molecular weight is 925 g/mol. The van der Waals surface area contributed by atoms with Crippen molar-refractivity contribution in [2.75, 3.05) is 10.2 Å². The van der Waals surface area contributed by atoms with E-state index in [4.69, 9.17) is 0 Å². The molecule has 0 heterocycles. The summed E-state index contributed by atoms with van der Waals surface area (Å²) in [4.78, 5) is 2.67. The molecule has 2 nitrogen and oxygen atoms in total. The second-order valence-corrected chi connectivity index (χ2v) is 21.7. The molecule has 0 bridgehead atoms. The van der Waals surface area contributed by atoms with E-state index in [-0.39, 0.29) is 10.8 Å². The number of anilines is 3. The van der Waals surface area contributed by atoms with Gasteiger partial charge in [0, 0.05) is 33.9 Å². The van der Waals surface area contributed by atoms with Crippen molar-refractivity contribution in [1.29, 1.82) is 0 Å².